The topological polar surface area (TPSA) is 42.0 Å². The Balaban J connectivity index is 1.43. The van der Waals surface area contributed by atoms with Crippen LogP contribution in [-0.4, -0.2) is 50.2 Å². The molecule has 1 saturated heterocycles. The molecule has 5 nitrogen and oxygen atoms in total. The standard InChI is InChI=1S/C20H22N2O3/c1-15-4-2-3-5-17(15)20(23)22-10-8-21(9-11-22)16-6-7-18-19(14-16)25-13-12-24-18/h2-7,14H,8-13H2,1H3. The van der Waals surface area contributed by atoms with Crippen molar-refractivity contribution in [2.45, 2.75) is 6.92 Å². The van der Waals surface area contributed by atoms with Crippen LogP contribution in [0.4, 0.5) is 5.69 Å². The van der Waals surface area contributed by atoms with Crippen LogP contribution in [0.5, 0.6) is 11.5 Å². The highest BCUT2D eigenvalue weighted by Gasteiger charge is 2.24. The van der Waals surface area contributed by atoms with E-state index in [-0.39, 0.29) is 5.91 Å². The van der Waals surface area contributed by atoms with Crippen LogP contribution in [0.3, 0.4) is 0 Å². The summed E-state index contributed by atoms with van der Waals surface area (Å²) in [5.41, 5.74) is 2.95. The Morgan fingerprint density at radius 1 is 0.920 bits per heavy atom. The summed E-state index contributed by atoms with van der Waals surface area (Å²) in [6.45, 7) is 6.26. The van der Waals surface area contributed by atoms with Crippen LogP contribution in [0.15, 0.2) is 42.5 Å². The van der Waals surface area contributed by atoms with Gasteiger partial charge in [0.2, 0.25) is 0 Å². The smallest absolute Gasteiger partial charge is 0.254 e. The third-order valence-corrected chi connectivity index (χ3v) is 4.83. The molecule has 5 heteroatoms. The van der Waals surface area contributed by atoms with E-state index < -0.39 is 0 Å². The molecule has 0 atom stereocenters. The minimum absolute atomic E-state index is 0.125. The number of fused-ring (bicyclic) bond motifs is 1. The number of benzene rings is 2. The maximum absolute atomic E-state index is 12.7. The second-order valence-electron chi connectivity index (χ2n) is 6.42. The summed E-state index contributed by atoms with van der Waals surface area (Å²) in [5.74, 6) is 1.74. The second kappa shape index (κ2) is 6.67. The number of piperazine rings is 1. The highest BCUT2D eigenvalue weighted by atomic mass is 16.6. The van der Waals surface area contributed by atoms with Gasteiger partial charge in [0, 0.05) is 43.5 Å². The Hall–Kier alpha value is -2.69. The Morgan fingerprint density at radius 3 is 2.40 bits per heavy atom. The lowest BCUT2D eigenvalue weighted by atomic mass is 10.1. The van der Waals surface area contributed by atoms with Crippen molar-refractivity contribution in [1.29, 1.82) is 0 Å². The molecule has 130 valence electrons. The van der Waals surface area contributed by atoms with E-state index in [1.165, 1.54) is 0 Å². The van der Waals surface area contributed by atoms with Gasteiger partial charge in [0.05, 0.1) is 0 Å². The number of ether oxygens (including phenoxy) is 2. The molecule has 25 heavy (non-hydrogen) atoms. The fourth-order valence-electron chi connectivity index (χ4n) is 3.38. The van der Waals surface area contributed by atoms with Crippen LogP contribution in [0.1, 0.15) is 15.9 Å². The van der Waals surface area contributed by atoms with Crippen molar-refractivity contribution < 1.29 is 14.3 Å². The molecule has 0 spiro atoms. The summed E-state index contributed by atoms with van der Waals surface area (Å²) in [4.78, 5) is 17.0. The lowest BCUT2D eigenvalue weighted by Gasteiger charge is -2.36. The van der Waals surface area contributed by atoms with Gasteiger partial charge in [0.1, 0.15) is 13.2 Å². The average molecular weight is 338 g/mol. The van der Waals surface area contributed by atoms with E-state index in [0.717, 1.165) is 54.5 Å². The summed E-state index contributed by atoms with van der Waals surface area (Å²) in [5, 5.41) is 0. The van der Waals surface area contributed by atoms with Crippen molar-refractivity contribution in [3.8, 4) is 11.5 Å². The van der Waals surface area contributed by atoms with Gasteiger partial charge in [0.15, 0.2) is 11.5 Å². The van der Waals surface area contributed by atoms with E-state index in [1.807, 2.05) is 48.2 Å². The zero-order valence-electron chi connectivity index (χ0n) is 14.4. The predicted octanol–water partition coefficient (Wildman–Crippen LogP) is 2.73. The number of aryl methyl sites for hydroxylation is 1. The van der Waals surface area contributed by atoms with Gasteiger partial charge in [-0.25, -0.2) is 0 Å². The summed E-state index contributed by atoms with van der Waals surface area (Å²) in [6, 6.07) is 13.8. The molecule has 0 N–H and O–H groups in total. The normalized spacial score (nSPS) is 16.7. The monoisotopic (exact) mass is 338 g/mol. The van der Waals surface area contributed by atoms with Crippen molar-refractivity contribution in [1.82, 2.24) is 4.90 Å². The molecule has 2 aromatic rings. The number of rotatable bonds is 2. The van der Waals surface area contributed by atoms with Crippen molar-refractivity contribution in [2.75, 3.05) is 44.3 Å². The van der Waals surface area contributed by atoms with Crippen molar-refractivity contribution in [3.05, 3.63) is 53.6 Å². The second-order valence-corrected chi connectivity index (χ2v) is 6.42. The van der Waals surface area contributed by atoms with E-state index in [4.69, 9.17) is 9.47 Å². The Morgan fingerprint density at radius 2 is 1.64 bits per heavy atom. The first-order valence-electron chi connectivity index (χ1n) is 8.72. The maximum atomic E-state index is 12.7. The van der Waals surface area contributed by atoms with Gasteiger partial charge in [-0.3, -0.25) is 4.79 Å². The Labute approximate surface area is 147 Å². The fourth-order valence-corrected chi connectivity index (χ4v) is 3.38. The molecule has 2 aliphatic rings. The quantitative estimate of drug-likeness (QED) is 0.844. The molecule has 2 aromatic carbocycles. The zero-order chi connectivity index (χ0) is 17.2. The van der Waals surface area contributed by atoms with Gasteiger partial charge in [-0.1, -0.05) is 18.2 Å². The molecule has 1 amide bonds. The molecule has 1 fully saturated rings. The van der Waals surface area contributed by atoms with E-state index in [2.05, 4.69) is 11.0 Å². The van der Waals surface area contributed by atoms with Crippen LogP contribution in [-0.2, 0) is 0 Å². The number of carbonyl (C=O) groups is 1. The molecular weight excluding hydrogens is 316 g/mol. The highest BCUT2D eigenvalue weighted by molar-refractivity contribution is 5.95. The average Bonchev–Trinajstić information content (AvgIpc) is 2.67. The molecule has 0 aromatic heterocycles. The molecule has 0 unspecified atom stereocenters. The molecule has 0 saturated carbocycles. The van der Waals surface area contributed by atoms with Gasteiger partial charge in [0.25, 0.3) is 5.91 Å². The predicted molar refractivity (Wildman–Crippen MR) is 96.7 cm³/mol. The molecule has 4 rings (SSSR count). The largest absolute Gasteiger partial charge is 0.486 e. The summed E-state index contributed by atoms with van der Waals surface area (Å²) >= 11 is 0. The van der Waals surface area contributed by atoms with Gasteiger partial charge >= 0.3 is 0 Å². The van der Waals surface area contributed by atoms with Crippen LogP contribution >= 0.6 is 0 Å². The first-order valence-corrected chi connectivity index (χ1v) is 8.72. The van der Waals surface area contributed by atoms with Crippen molar-refractivity contribution >= 4 is 11.6 Å². The minimum atomic E-state index is 0.125. The van der Waals surface area contributed by atoms with E-state index in [0.29, 0.717) is 13.2 Å². The van der Waals surface area contributed by atoms with Gasteiger partial charge in [-0.05, 0) is 30.7 Å². The van der Waals surface area contributed by atoms with Crippen molar-refractivity contribution in [3.63, 3.8) is 0 Å². The maximum Gasteiger partial charge on any atom is 0.254 e. The molecule has 2 heterocycles. The van der Waals surface area contributed by atoms with E-state index in [1.54, 1.807) is 0 Å². The van der Waals surface area contributed by atoms with E-state index in [9.17, 15) is 4.79 Å². The van der Waals surface area contributed by atoms with Crippen LogP contribution < -0.4 is 14.4 Å². The SMILES string of the molecule is Cc1ccccc1C(=O)N1CCN(c2ccc3c(c2)OCCO3)CC1. The minimum Gasteiger partial charge on any atom is -0.486 e. The van der Waals surface area contributed by atoms with Crippen LogP contribution in [0, 0.1) is 6.92 Å². The third kappa shape index (κ3) is 3.14. The zero-order valence-corrected chi connectivity index (χ0v) is 14.4. The number of hydrogen-bond acceptors (Lipinski definition) is 4. The summed E-state index contributed by atoms with van der Waals surface area (Å²) in [6.07, 6.45) is 0. The van der Waals surface area contributed by atoms with E-state index >= 15 is 0 Å². The molecule has 0 aliphatic carbocycles. The summed E-state index contributed by atoms with van der Waals surface area (Å²) in [7, 11) is 0. The summed E-state index contributed by atoms with van der Waals surface area (Å²) < 4.78 is 11.2. The van der Waals surface area contributed by atoms with Gasteiger partial charge < -0.3 is 19.3 Å². The number of amides is 1. The van der Waals surface area contributed by atoms with Crippen LogP contribution in [0.25, 0.3) is 0 Å². The Bertz CT molecular complexity index is 782. The number of carbonyl (C=O) groups excluding carboxylic acids is 1. The van der Waals surface area contributed by atoms with Gasteiger partial charge in [-0.15, -0.1) is 0 Å². The molecule has 0 radical (unpaired) electrons. The van der Waals surface area contributed by atoms with Crippen LogP contribution in [0.2, 0.25) is 0 Å². The van der Waals surface area contributed by atoms with Gasteiger partial charge in [-0.2, -0.15) is 0 Å². The first-order chi connectivity index (χ1) is 12.2. The Kier molecular flexibility index (Phi) is 4.22. The number of anilines is 1. The fraction of sp³-hybridized carbons (Fsp3) is 0.350. The third-order valence-electron chi connectivity index (χ3n) is 4.83. The number of hydrogen-bond donors (Lipinski definition) is 0. The lowest BCUT2D eigenvalue weighted by Crippen LogP contribution is -2.49. The molecule has 0 bridgehead atoms. The molecule has 2 aliphatic heterocycles. The van der Waals surface area contributed by atoms with Crippen molar-refractivity contribution in [2.24, 2.45) is 0 Å². The number of nitrogens with zero attached hydrogens (tertiary/aromatic N) is 2. The first kappa shape index (κ1) is 15.8. The molecular formula is C20H22N2O3. The highest BCUT2D eigenvalue weighted by Crippen LogP contribution is 2.34. The lowest BCUT2D eigenvalue weighted by molar-refractivity contribution is 0.0746.